The number of rotatable bonds is 7. The van der Waals surface area contributed by atoms with Gasteiger partial charge in [0.25, 0.3) is 11.1 Å². The molecule has 7 nitrogen and oxygen atoms in total. The van der Waals surface area contributed by atoms with Gasteiger partial charge in [-0.3, -0.25) is 14.5 Å². The van der Waals surface area contributed by atoms with E-state index in [0.29, 0.717) is 9.13 Å². The highest BCUT2D eigenvalue weighted by Gasteiger charge is 2.35. The van der Waals surface area contributed by atoms with Crippen LogP contribution in [-0.4, -0.2) is 31.6 Å². The fraction of sp³-hybridized carbons (Fsp3) is 0.120. The van der Waals surface area contributed by atoms with E-state index in [1.54, 1.807) is 30.3 Å². The molecule has 3 aromatic rings. The molecule has 1 aliphatic heterocycles. The zero-order chi connectivity index (χ0) is 25.2. The summed E-state index contributed by atoms with van der Waals surface area (Å²) in [5, 5.41) is -0.351. The molecule has 3 aromatic carbocycles. The van der Waals surface area contributed by atoms with Crippen LogP contribution in [0, 0.1) is 10.5 Å². The number of carbonyl (C=O) groups excluding carboxylic acids is 2. The molecule has 1 fully saturated rings. The lowest BCUT2D eigenvalue weighted by Crippen LogP contribution is -2.27. The molecule has 0 atom stereocenters. The van der Waals surface area contributed by atoms with Crippen molar-refractivity contribution in [3.05, 3.63) is 91.9 Å². The summed E-state index contributed by atoms with van der Waals surface area (Å²) in [6.07, 6.45) is 1.58. The number of imide groups is 1. The third-order valence-electron chi connectivity index (χ3n) is 5.11. The SMILES string of the molecule is COc1cc(/C=C2\SC(=O)N(Cc3ccccc3)C2=O)cc(I)c1OS(=O)(=O)c1ccc(C)cc1. The highest BCUT2D eigenvalue weighted by atomic mass is 127. The van der Waals surface area contributed by atoms with Crippen molar-refractivity contribution >= 4 is 61.7 Å². The molecule has 0 aliphatic carbocycles. The lowest BCUT2D eigenvalue weighted by Gasteiger charge is -2.14. The number of methoxy groups -OCH3 is 1. The molecule has 0 aromatic heterocycles. The number of thioether (sulfide) groups is 1. The molecule has 0 N–H and O–H groups in total. The molecule has 2 amide bonds. The first-order chi connectivity index (χ1) is 16.7. The van der Waals surface area contributed by atoms with Gasteiger partial charge < -0.3 is 8.92 Å². The Balaban J connectivity index is 1.60. The Hall–Kier alpha value is -2.83. The fourth-order valence-electron chi connectivity index (χ4n) is 3.32. The van der Waals surface area contributed by atoms with E-state index in [9.17, 15) is 18.0 Å². The molecule has 1 heterocycles. The number of aryl methyl sites for hydroxylation is 1. The summed E-state index contributed by atoms with van der Waals surface area (Å²) in [7, 11) is -2.69. The minimum atomic E-state index is -4.08. The summed E-state index contributed by atoms with van der Waals surface area (Å²) >= 11 is 2.80. The van der Waals surface area contributed by atoms with E-state index in [1.807, 2.05) is 59.8 Å². The Bertz CT molecular complexity index is 1420. The minimum absolute atomic E-state index is 0.0251. The van der Waals surface area contributed by atoms with Crippen molar-refractivity contribution in [3.8, 4) is 11.5 Å². The summed E-state index contributed by atoms with van der Waals surface area (Å²) in [4.78, 5) is 26.8. The van der Waals surface area contributed by atoms with Gasteiger partial charge in [0.1, 0.15) is 4.90 Å². The van der Waals surface area contributed by atoms with E-state index in [-0.39, 0.29) is 39.0 Å². The van der Waals surface area contributed by atoms with Gasteiger partial charge >= 0.3 is 10.1 Å². The molecule has 0 spiro atoms. The second-order valence-electron chi connectivity index (χ2n) is 7.64. The number of amides is 2. The number of ether oxygens (including phenoxy) is 1. The molecular weight excluding hydrogens is 601 g/mol. The molecule has 1 saturated heterocycles. The fourth-order valence-corrected chi connectivity index (χ4v) is 6.00. The summed E-state index contributed by atoms with van der Waals surface area (Å²) in [6, 6.07) is 18.8. The van der Waals surface area contributed by atoms with Crippen LogP contribution in [0.3, 0.4) is 0 Å². The standard InChI is InChI=1S/C25H20INO6S2/c1-16-8-10-19(11-9-16)35(30,31)33-23-20(26)12-18(13-21(23)32-2)14-22-24(28)27(25(29)34-22)15-17-6-4-3-5-7-17/h3-14H,15H2,1-2H3/b22-14-. The molecule has 0 radical (unpaired) electrons. The van der Waals surface area contributed by atoms with Crippen LogP contribution in [0.5, 0.6) is 11.5 Å². The number of hydrogen-bond donors (Lipinski definition) is 0. The van der Waals surface area contributed by atoms with Gasteiger partial charge in [-0.05, 0) is 82.7 Å². The van der Waals surface area contributed by atoms with Crippen LogP contribution >= 0.6 is 34.4 Å². The largest absolute Gasteiger partial charge is 0.493 e. The molecule has 10 heteroatoms. The molecule has 0 bridgehead atoms. The van der Waals surface area contributed by atoms with Gasteiger partial charge in [0, 0.05) is 0 Å². The van der Waals surface area contributed by atoms with E-state index in [0.717, 1.165) is 22.9 Å². The number of hydrogen-bond acceptors (Lipinski definition) is 7. The second kappa shape index (κ2) is 10.4. The molecule has 35 heavy (non-hydrogen) atoms. The van der Waals surface area contributed by atoms with Crippen LogP contribution in [0.15, 0.2) is 76.5 Å². The third-order valence-corrected chi connectivity index (χ3v) is 8.05. The quantitative estimate of drug-likeness (QED) is 0.193. The van der Waals surface area contributed by atoms with Gasteiger partial charge in [0.2, 0.25) is 0 Å². The maximum absolute atomic E-state index is 12.9. The van der Waals surface area contributed by atoms with Crippen molar-refractivity contribution in [3.63, 3.8) is 0 Å². The van der Waals surface area contributed by atoms with Gasteiger partial charge in [-0.15, -0.1) is 0 Å². The zero-order valence-electron chi connectivity index (χ0n) is 18.7. The molecule has 180 valence electrons. The van der Waals surface area contributed by atoms with Gasteiger partial charge in [-0.1, -0.05) is 48.0 Å². The minimum Gasteiger partial charge on any atom is -0.493 e. The van der Waals surface area contributed by atoms with E-state index < -0.39 is 10.1 Å². The van der Waals surface area contributed by atoms with Gasteiger partial charge in [0.05, 0.1) is 22.1 Å². The predicted molar refractivity (Wildman–Crippen MR) is 143 cm³/mol. The van der Waals surface area contributed by atoms with Crippen molar-refractivity contribution in [1.82, 2.24) is 4.90 Å². The average Bonchev–Trinajstić information content (AvgIpc) is 3.08. The third kappa shape index (κ3) is 5.71. The summed E-state index contributed by atoms with van der Waals surface area (Å²) in [6.45, 7) is 2.05. The van der Waals surface area contributed by atoms with Crippen LogP contribution in [0.2, 0.25) is 0 Å². The first-order valence-electron chi connectivity index (χ1n) is 10.4. The summed E-state index contributed by atoms with van der Waals surface area (Å²) < 4.78 is 36.8. The summed E-state index contributed by atoms with van der Waals surface area (Å²) in [5.41, 5.74) is 2.34. The Labute approximate surface area is 221 Å². The lowest BCUT2D eigenvalue weighted by molar-refractivity contribution is -0.123. The van der Waals surface area contributed by atoms with Crippen molar-refractivity contribution in [2.24, 2.45) is 0 Å². The first kappa shape index (κ1) is 25.3. The Morgan fingerprint density at radius 1 is 1.03 bits per heavy atom. The van der Waals surface area contributed by atoms with Crippen molar-refractivity contribution in [2.75, 3.05) is 7.11 Å². The lowest BCUT2D eigenvalue weighted by atomic mass is 10.1. The average molecular weight is 621 g/mol. The highest BCUT2D eigenvalue weighted by Crippen LogP contribution is 2.38. The van der Waals surface area contributed by atoms with E-state index in [1.165, 1.54) is 24.1 Å². The molecule has 4 rings (SSSR count). The normalized spacial score (nSPS) is 15.1. The maximum atomic E-state index is 12.9. The monoisotopic (exact) mass is 621 g/mol. The summed E-state index contributed by atoms with van der Waals surface area (Å²) in [5.74, 6) is -0.162. The van der Waals surface area contributed by atoms with Gasteiger partial charge in [-0.25, -0.2) is 0 Å². The number of halogens is 1. The van der Waals surface area contributed by atoms with Gasteiger partial charge in [0.15, 0.2) is 11.5 Å². The maximum Gasteiger partial charge on any atom is 0.339 e. The Morgan fingerprint density at radius 2 is 1.71 bits per heavy atom. The van der Waals surface area contributed by atoms with Crippen molar-refractivity contribution in [2.45, 2.75) is 18.4 Å². The Morgan fingerprint density at radius 3 is 2.37 bits per heavy atom. The number of carbonyl (C=O) groups is 2. The van der Waals surface area contributed by atoms with E-state index in [4.69, 9.17) is 8.92 Å². The van der Waals surface area contributed by atoms with Crippen LogP contribution < -0.4 is 8.92 Å². The van der Waals surface area contributed by atoms with Crippen LogP contribution in [0.1, 0.15) is 16.7 Å². The zero-order valence-corrected chi connectivity index (χ0v) is 22.5. The molecule has 1 aliphatic rings. The first-order valence-corrected chi connectivity index (χ1v) is 13.7. The van der Waals surface area contributed by atoms with Crippen molar-refractivity contribution in [1.29, 1.82) is 0 Å². The number of nitrogens with zero attached hydrogens (tertiary/aromatic N) is 1. The predicted octanol–water partition coefficient (Wildman–Crippen LogP) is 5.61. The van der Waals surface area contributed by atoms with E-state index in [2.05, 4.69) is 0 Å². The molecule has 0 unspecified atom stereocenters. The van der Waals surface area contributed by atoms with Crippen LogP contribution in [0.25, 0.3) is 6.08 Å². The topological polar surface area (TPSA) is 90.0 Å². The molecular formula is C25H20INO6S2. The van der Waals surface area contributed by atoms with Crippen molar-refractivity contribution < 1.29 is 26.9 Å². The molecule has 0 saturated carbocycles. The smallest absolute Gasteiger partial charge is 0.339 e. The highest BCUT2D eigenvalue weighted by molar-refractivity contribution is 14.1. The van der Waals surface area contributed by atoms with Gasteiger partial charge in [-0.2, -0.15) is 8.42 Å². The van der Waals surface area contributed by atoms with Crippen LogP contribution in [0.4, 0.5) is 4.79 Å². The van der Waals surface area contributed by atoms with E-state index >= 15 is 0 Å². The van der Waals surface area contributed by atoms with Crippen LogP contribution in [-0.2, 0) is 21.5 Å². The Kier molecular flexibility index (Phi) is 7.53. The number of benzene rings is 3. The second-order valence-corrected chi connectivity index (χ2v) is 11.3.